The summed E-state index contributed by atoms with van der Waals surface area (Å²) in [6.07, 6.45) is 2.54. The van der Waals surface area contributed by atoms with Crippen LogP contribution in [0, 0.1) is 11.8 Å². The second-order valence-electron chi connectivity index (χ2n) is 10.1. The van der Waals surface area contributed by atoms with Crippen LogP contribution in [0.2, 0.25) is 19.6 Å². The lowest BCUT2D eigenvalue weighted by atomic mass is 9.93. The molecule has 3 atom stereocenters. The largest absolute Gasteiger partial charge is 1.00 e. The van der Waals surface area contributed by atoms with Crippen molar-refractivity contribution in [2.24, 2.45) is 11.8 Å². The van der Waals surface area contributed by atoms with Crippen LogP contribution >= 0.6 is 7.26 Å². The molecule has 0 saturated heterocycles. The Hall–Kier alpha value is -1.00. The molecule has 0 spiro atoms. The van der Waals surface area contributed by atoms with Gasteiger partial charge in [0.2, 0.25) is 0 Å². The second kappa shape index (κ2) is 12.6. The van der Waals surface area contributed by atoms with Crippen molar-refractivity contribution in [2.75, 3.05) is 6.16 Å². The van der Waals surface area contributed by atoms with Gasteiger partial charge in [0.05, 0.1) is 12.3 Å². The first-order valence-corrected chi connectivity index (χ1v) is 17.4. The summed E-state index contributed by atoms with van der Waals surface area (Å²) in [6.45, 7) is 14.1. The van der Waals surface area contributed by atoms with Crippen molar-refractivity contribution >= 4 is 31.5 Å². The van der Waals surface area contributed by atoms with Crippen LogP contribution < -0.4 is 39.9 Å². The third kappa shape index (κ3) is 7.00. The molecule has 4 heteroatoms. The molecule has 0 amide bonds. The van der Waals surface area contributed by atoms with Crippen molar-refractivity contribution < 1.29 is 28.4 Å². The van der Waals surface area contributed by atoms with Crippen LogP contribution in [0.1, 0.15) is 27.2 Å². The fraction of sp³-hybridized carbons (Fsp3) is 0.379. The quantitative estimate of drug-likeness (QED) is 0.198. The SMILES string of the molecule is CC[C@H](C)[C@@H](O[Si](C)(C)C)[C@@H](C)C[P+](c1ccccc1)(c1ccccc1)c1ccccc1.[I-]. The molecule has 0 N–H and O–H groups in total. The average molecular weight is 591 g/mol. The smallest absolute Gasteiger partial charge is 0.184 e. The highest BCUT2D eigenvalue weighted by Crippen LogP contribution is 2.57. The average Bonchev–Trinajstić information content (AvgIpc) is 2.81. The summed E-state index contributed by atoms with van der Waals surface area (Å²) in [6, 6.07) is 33.7. The van der Waals surface area contributed by atoms with Gasteiger partial charge >= 0.3 is 0 Å². The minimum absolute atomic E-state index is 0. The summed E-state index contributed by atoms with van der Waals surface area (Å²) in [5.41, 5.74) is 0. The maximum Gasteiger partial charge on any atom is 0.184 e. The second-order valence-corrected chi connectivity index (χ2v) is 18.1. The molecule has 3 rings (SSSR count). The Labute approximate surface area is 220 Å². The fourth-order valence-electron chi connectivity index (χ4n) is 4.78. The van der Waals surface area contributed by atoms with E-state index in [1.165, 1.54) is 15.9 Å². The zero-order chi connectivity index (χ0) is 23.2. The third-order valence-electron chi connectivity index (χ3n) is 6.41. The standard InChI is InChI=1S/C29H40OPSi.HI/c1-7-24(2)29(30-32(4,5)6)25(3)23-31(26-17-11-8-12-18-26,27-19-13-9-14-20-27)28-21-15-10-16-22-28;/h8-22,24-25,29H,7,23H2,1-6H3;1H/q+1;/p-1/t24-,25-,29+;/m0./s1. The number of hydrogen-bond donors (Lipinski definition) is 0. The predicted octanol–water partition coefficient (Wildman–Crippen LogP) is 3.89. The van der Waals surface area contributed by atoms with Crippen LogP contribution in [0.15, 0.2) is 91.0 Å². The van der Waals surface area contributed by atoms with E-state index in [1.807, 2.05) is 0 Å². The van der Waals surface area contributed by atoms with Gasteiger partial charge in [0.1, 0.15) is 23.2 Å². The number of hydrogen-bond acceptors (Lipinski definition) is 1. The molecule has 178 valence electrons. The Bertz CT molecular complexity index is 847. The van der Waals surface area contributed by atoms with Crippen LogP contribution in [0.5, 0.6) is 0 Å². The molecule has 0 aliphatic rings. The number of halogens is 1. The first kappa shape index (κ1) is 28.2. The van der Waals surface area contributed by atoms with Gasteiger partial charge < -0.3 is 28.4 Å². The van der Waals surface area contributed by atoms with E-state index < -0.39 is 15.6 Å². The molecule has 0 unspecified atom stereocenters. The van der Waals surface area contributed by atoms with Gasteiger partial charge in [-0.15, -0.1) is 0 Å². The molecule has 0 aliphatic carbocycles. The van der Waals surface area contributed by atoms with E-state index in [1.54, 1.807) is 0 Å². The van der Waals surface area contributed by atoms with Crippen molar-refractivity contribution in [1.29, 1.82) is 0 Å². The Kier molecular flexibility index (Phi) is 10.8. The normalized spacial score (nSPS) is 14.7. The van der Waals surface area contributed by atoms with Crippen molar-refractivity contribution in [2.45, 2.75) is 52.9 Å². The lowest BCUT2D eigenvalue weighted by molar-refractivity contribution is -0.00000847. The monoisotopic (exact) mass is 590 g/mol. The Morgan fingerprint density at radius 3 is 1.33 bits per heavy atom. The highest BCUT2D eigenvalue weighted by atomic mass is 127. The van der Waals surface area contributed by atoms with Crippen LogP contribution in [-0.2, 0) is 4.43 Å². The number of benzene rings is 3. The lowest BCUT2D eigenvalue weighted by Gasteiger charge is -2.37. The van der Waals surface area contributed by atoms with Crippen molar-refractivity contribution in [1.82, 2.24) is 0 Å². The topological polar surface area (TPSA) is 9.23 Å². The Morgan fingerprint density at radius 1 is 0.667 bits per heavy atom. The van der Waals surface area contributed by atoms with Gasteiger partial charge in [0, 0.05) is 5.92 Å². The molecule has 0 bridgehead atoms. The molecule has 0 heterocycles. The molecular weight excluding hydrogens is 550 g/mol. The highest BCUT2D eigenvalue weighted by molar-refractivity contribution is 7.95. The summed E-state index contributed by atoms with van der Waals surface area (Å²) < 4.78 is 6.86. The first-order chi connectivity index (χ1) is 15.3. The van der Waals surface area contributed by atoms with Crippen molar-refractivity contribution in [3.05, 3.63) is 91.0 Å². The first-order valence-electron chi connectivity index (χ1n) is 12.0. The molecule has 0 saturated carbocycles. The van der Waals surface area contributed by atoms with E-state index in [0.29, 0.717) is 11.8 Å². The molecule has 0 radical (unpaired) electrons. The van der Waals surface area contributed by atoms with Crippen LogP contribution in [0.3, 0.4) is 0 Å². The molecule has 0 fully saturated rings. The molecule has 1 nitrogen and oxygen atoms in total. The minimum atomic E-state index is -1.84. The fourth-order valence-corrected chi connectivity index (χ4v) is 10.7. The minimum Gasteiger partial charge on any atom is -1.00 e. The van der Waals surface area contributed by atoms with Gasteiger partial charge in [-0.05, 0) is 62.0 Å². The molecule has 0 aromatic heterocycles. The molecular formula is C29H40IOPSi. The van der Waals surface area contributed by atoms with Gasteiger partial charge in [-0.3, -0.25) is 0 Å². The maximum atomic E-state index is 6.86. The van der Waals surface area contributed by atoms with Gasteiger partial charge in [-0.2, -0.15) is 0 Å². The predicted molar refractivity (Wildman–Crippen MR) is 147 cm³/mol. The van der Waals surface area contributed by atoms with Crippen LogP contribution in [0.4, 0.5) is 0 Å². The maximum absolute atomic E-state index is 6.86. The Balaban J connectivity index is 0.00000385. The summed E-state index contributed by atoms with van der Waals surface area (Å²) in [5, 5.41) is 4.38. The zero-order valence-electron chi connectivity index (χ0n) is 21.0. The molecule has 33 heavy (non-hydrogen) atoms. The van der Waals surface area contributed by atoms with Gasteiger partial charge in [-0.25, -0.2) is 0 Å². The lowest BCUT2D eigenvalue weighted by Crippen LogP contribution is -3.00. The Morgan fingerprint density at radius 2 is 1.03 bits per heavy atom. The highest BCUT2D eigenvalue weighted by Gasteiger charge is 2.48. The third-order valence-corrected chi connectivity index (χ3v) is 12.1. The van der Waals surface area contributed by atoms with Crippen LogP contribution in [0.25, 0.3) is 0 Å². The summed E-state index contributed by atoms with van der Waals surface area (Å²) in [4.78, 5) is 0. The molecule has 3 aromatic carbocycles. The number of rotatable bonds is 10. The molecule has 3 aromatic rings. The van der Waals surface area contributed by atoms with E-state index in [4.69, 9.17) is 4.43 Å². The van der Waals surface area contributed by atoms with Gasteiger partial charge in [0.15, 0.2) is 8.32 Å². The summed E-state index contributed by atoms with van der Waals surface area (Å²) >= 11 is 0. The van der Waals surface area contributed by atoms with E-state index in [0.717, 1.165) is 12.6 Å². The van der Waals surface area contributed by atoms with E-state index >= 15 is 0 Å². The van der Waals surface area contributed by atoms with Gasteiger partial charge in [-0.1, -0.05) is 81.8 Å². The van der Waals surface area contributed by atoms with E-state index in [9.17, 15) is 0 Å². The van der Waals surface area contributed by atoms with Crippen molar-refractivity contribution in [3.63, 3.8) is 0 Å². The van der Waals surface area contributed by atoms with Crippen molar-refractivity contribution in [3.8, 4) is 0 Å². The van der Waals surface area contributed by atoms with E-state index in [-0.39, 0.29) is 30.1 Å². The zero-order valence-corrected chi connectivity index (χ0v) is 25.1. The summed E-state index contributed by atoms with van der Waals surface area (Å²) in [5.74, 6) is 0.992. The summed E-state index contributed by atoms with van der Waals surface area (Å²) in [7, 11) is -3.51. The molecule has 0 aliphatic heterocycles. The van der Waals surface area contributed by atoms with E-state index in [2.05, 4.69) is 131 Å². The van der Waals surface area contributed by atoms with Gasteiger partial charge in [0.25, 0.3) is 0 Å². The van der Waals surface area contributed by atoms with Crippen LogP contribution in [-0.4, -0.2) is 20.6 Å².